The average molecular weight is 322 g/mol. The van der Waals surface area contributed by atoms with Gasteiger partial charge in [0.25, 0.3) is 0 Å². The number of morpholine rings is 1. The van der Waals surface area contributed by atoms with Crippen LogP contribution in [-0.2, 0) is 4.74 Å². The molecule has 3 rings (SSSR count). The Morgan fingerprint density at radius 2 is 1.91 bits per heavy atom. The summed E-state index contributed by atoms with van der Waals surface area (Å²) in [4.78, 5) is 6.94. The molecule has 0 aromatic carbocycles. The van der Waals surface area contributed by atoms with Crippen molar-refractivity contribution in [3.63, 3.8) is 0 Å². The molecule has 0 radical (unpaired) electrons. The van der Waals surface area contributed by atoms with Gasteiger partial charge in [-0.1, -0.05) is 6.42 Å². The molecule has 1 heterocycles. The summed E-state index contributed by atoms with van der Waals surface area (Å²) < 4.78 is 5.47. The number of rotatable bonds is 6. The van der Waals surface area contributed by atoms with Crippen LogP contribution >= 0.6 is 0 Å². The quantitative estimate of drug-likeness (QED) is 0.579. The molecular formula is C18H34N4O. The maximum absolute atomic E-state index is 5.47. The second kappa shape index (κ2) is 6.98. The normalized spacial score (nSPS) is 25.8. The molecule has 1 aliphatic heterocycles. The Bertz CT molecular complexity index is 421. The zero-order valence-corrected chi connectivity index (χ0v) is 15.2. The van der Waals surface area contributed by atoms with Crippen molar-refractivity contribution in [1.29, 1.82) is 0 Å². The minimum Gasteiger partial charge on any atom is -0.379 e. The Morgan fingerprint density at radius 1 is 1.22 bits per heavy atom. The van der Waals surface area contributed by atoms with Crippen molar-refractivity contribution in [2.75, 3.05) is 46.4 Å². The van der Waals surface area contributed by atoms with E-state index in [0.717, 1.165) is 51.3 Å². The second-order valence-electron chi connectivity index (χ2n) is 8.18. The van der Waals surface area contributed by atoms with Gasteiger partial charge in [-0.3, -0.25) is 9.89 Å². The van der Waals surface area contributed by atoms with E-state index < -0.39 is 0 Å². The Morgan fingerprint density at radius 3 is 2.43 bits per heavy atom. The molecule has 23 heavy (non-hydrogen) atoms. The number of nitrogens with zero attached hydrogens (tertiary/aromatic N) is 2. The molecule has 0 amide bonds. The van der Waals surface area contributed by atoms with Gasteiger partial charge in [0.1, 0.15) is 0 Å². The molecule has 2 aliphatic carbocycles. The second-order valence-corrected chi connectivity index (χ2v) is 8.18. The lowest BCUT2D eigenvalue weighted by atomic mass is 9.65. The first-order valence-corrected chi connectivity index (χ1v) is 9.33. The Hall–Kier alpha value is -0.810. The molecule has 3 aliphatic rings. The van der Waals surface area contributed by atoms with Crippen LogP contribution < -0.4 is 10.6 Å². The summed E-state index contributed by atoms with van der Waals surface area (Å²) in [6, 6.07) is 0. The first-order chi connectivity index (χ1) is 11.1. The zero-order valence-electron chi connectivity index (χ0n) is 15.2. The van der Waals surface area contributed by atoms with E-state index in [1.165, 1.54) is 32.1 Å². The molecule has 0 unspecified atom stereocenters. The lowest BCUT2D eigenvalue weighted by molar-refractivity contribution is -0.00837. The van der Waals surface area contributed by atoms with Gasteiger partial charge in [-0.25, -0.2) is 0 Å². The van der Waals surface area contributed by atoms with E-state index in [1.807, 2.05) is 7.05 Å². The first kappa shape index (κ1) is 17.0. The predicted molar refractivity (Wildman–Crippen MR) is 94.8 cm³/mol. The van der Waals surface area contributed by atoms with Gasteiger partial charge in [-0.05, 0) is 50.9 Å². The van der Waals surface area contributed by atoms with Crippen LogP contribution in [0.15, 0.2) is 4.99 Å². The van der Waals surface area contributed by atoms with E-state index in [1.54, 1.807) is 0 Å². The van der Waals surface area contributed by atoms with Gasteiger partial charge in [-0.15, -0.1) is 0 Å². The fourth-order valence-electron chi connectivity index (χ4n) is 4.12. The van der Waals surface area contributed by atoms with Crippen LogP contribution in [0.5, 0.6) is 0 Å². The molecule has 5 heteroatoms. The van der Waals surface area contributed by atoms with E-state index in [9.17, 15) is 0 Å². The van der Waals surface area contributed by atoms with Crippen molar-refractivity contribution in [3.05, 3.63) is 0 Å². The number of ether oxygens (including phenoxy) is 1. The number of guanidine groups is 1. The summed E-state index contributed by atoms with van der Waals surface area (Å²) in [5.41, 5.74) is 0.698. The van der Waals surface area contributed by atoms with Gasteiger partial charge in [0, 0.05) is 38.8 Å². The van der Waals surface area contributed by atoms with Crippen LogP contribution in [0.4, 0.5) is 0 Å². The molecule has 0 bridgehead atoms. The molecule has 5 nitrogen and oxygen atoms in total. The van der Waals surface area contributed by atoms with Crippen LogP contribution in [0.25, 0.3) is 0 Å². The van der Waals surface area contributed by atoms with Crippen LogP contribution in [-0.4, -0.2) is 62.8 Å². The fourth-order valence-corrected chi connectivity index (χ4v) is 4.12. The molecule has 2 N–H and O–H groups in total. The van der Waals surface area contributed by atoms with E-state index in [2.05, 4.69) is 34.4 Å². The fraction of sp³-hybridized carbons (Fsp3) is 0.944. The van der Waals surface area contributed by atoms with Crippen LogP contribution in [0, 0.1) is 11.3 Å². The van der Waals surface area contributed by atoms with Gasteiger partial charge < -0.3 is 15.4 Å². The maximum Gasteiger partial charge on any atom is 0.191 e. The highest BCUT2D eigenvalue weighted by atomic mass is 16.5. The Balaban J connectivity index is 1.45. The lowest BCUT2D eigenvalue weighted by Crippen LogP contribution is -2.57. The minimum atomic E-state index is 0.117. The lowest BCUT2D eigenvalue weighted by Gasteiger charge is -2.43. The summed E-state index contributed by atoms with van der Waals surface area (Å²) in [5.74, 6) is 1.94. The van der Waals surface area contributed by atoms with Crippen molar-refractivity contribution in [2.45, 2.75) is 51.5 Å². The third-order valence-electron chi connectivity index (χ3n) is 6.18. The van der Waals surface area contributed by atoms with Crippen LogP contribution in [0.2, 0.25) is 0 Å². The summed E-state index contributed by atoms with van der Waals surface area (Å²) >= 11 is 0. The smallest absolute Gasteiger partial charge is 0.191 e. The maximum atomic E-state index is 5.47. The van der Waals surface area contributed by atoms with Gasteiger partial charge in [-0.2, -0.15) is 0 Å². The highest BCUT2D eigenvalue weighted by Gasteiger charge is 2.48. The topological polar surface area (TPSA) is 48.9 Å². The predicted octanol–water partition coefficient (Wildman–Crippen LogP) is 1.84. The Kier molecular flexibility index (Phi) is 5.16. The number of hydrogen-bond acceptors (Lipinski definition) is 3. The molecule has 0 aromatic heterocycles. The molecule has 0 spiro atoms. The summed E-state index contributed by atoms with van der Waals surface area (Å²) in [5, 5.41) is 7.15. The zero-order chi connectivity index (χ0) is 16.3. The van der Waals surface area contributed by atoms with Crippen molar-refractivity contribution >= 4 is 5.96 Å². The van der Waals surface area contributed by atoms with Gasteiger partial charge >= 0.3 is 0 Å². The molecule has 132 valence electrons. The van der Waals surface area contributed by atoms with Crippen molar-refractivity contribution < 1.29 is 4.74 Å². The summed E-state index contributed by atoms with van der Waals surface area (Å²) in [7, 11) is 1.88. The van der Waals surface area contributed by atoms with Gasteiger partial charge in [0.15, 0.2) is 5.96 Å². The first-order valence-electron chi connectivity index (χ1n) is 9.33. The largest absolute Gasteiger partial charge is 0.379 e. The third kappa shape index (κ3) is 4.00. The minimum absolute atomic E-state index is 0.117. The molecular weight excluding hydrogens is 288 g/mol. The SMILES string of the molecule is CN=C(NCC1(C2CC2)CCC1)NCC(C)(C)N1CCOCC1. The van der Waals surface area contributed by atoms with E-state index in [-0.39, 0.29) is 5.54 Å². The summed E-state index contributed by atoms with van der Waals surface area (Å²) in [6.45, 7) is 10.3. The van der Waals surface area contributed by atoms with E-state index in [4.69, 9.17) is 4.74 Å². The van der Waals surface area contributed by atoms with Crippen LogP contribution in [0.1, 0.15) is 46.0 Å². The van der Waals surface area contributed by atoms with Gasteiger partial charge in [0.2, 0.25) is 0 Å². The van der Waals surface area contributed by atoms with Crippen molar-refractivity contribution in [3.8, 4) is 0 Å². The standard InChI is InChI=1S/C18H34N4O/c1-17(2,22-9-11-23-12-10-22)13-20-16(19-3)21-14-18(7-4-8-18)15-5-6-15/h15H,4-14H2,1-3H3,(H2,19,20,21). The van der Waals surface area contributed by atoms with E-state index in [0.29, 0.717) is 5.41 Å². The van der Waals surface area contributed by atoms with Crippen molar-refractivity contribution in [2.24, 2.45) is 16.3 Å². The van der Waals surface area contributed by atoms with Crippen LogP contribution in [0.3, 0.4) is 0 Å². The van der Waals surface area contributed by atoms with Gasteiger partial charge in [0.05, 0.1) is 13.2 Å². The number of aliphatic imine (C=N–C) groups is 1. The Labute approximate surface area is 141 Å². The molecule has 1 saturated heterocycles. The molecule has 0 atom stereocenters. The molecule has 2 saturated carbocycles. The number of nitrogens with one attached hydrogen (secondary N) is 2. The highest BCUT2D eigenvalue weighted by molar-refractivity contribution is 5.79. The highest BCUT2D eigenvalue weighted by Crippen LogP contribution is 2.56. The van der Waals surface area contributed by atoms with Crippen molar-refractivity contribution in [1.82, 2.24) is 15.5 Å². The number of hydrogen-bond donors (Lipinski definition) is 2. The van der Waals surface area contributed by atoms with E-state index >= 15 is 0 Å². The third-order valence-corrected chi connectivity index (χ3v) is 6.18. The molecule has 3 fully saturated rings. The average Bonchev–Trinajstić information content (AvgIpc) is 3.35. The summed E-state index contributed by atoms with van der Waals surface area (Å²) in [6.07, 6.45) is 7.10. The molecule has 0 aromatic rings. The monoisotopic (exact) mass is 322 g/mol.